The number of nitrogens with one attached hydrogen (secondary N) is 2. The van der Waals surface area contributed by atoms with Gasteiger partial charge < -0.3 is 24.7 Å². The summed E-state index contributed by atoms with van der Waals surface area (Å²) in [4.78, 5) is 37.6. The molecule has 5 rings (SSSR count). The molecule has 3 aromatic rings. The minimum absolute atomic E-state index is 0.0316. The van der Waals surface area contributed by atoms with E-state index >= 15 is 0 Å². The minimum Gasteiger partial charge on any atom is -0.496 e. The summed E-state index contributed by atoms with van der Waals surface area (Å²) in [6.07, 6.45) is 7.83. The predicted octanol–water partition coefficient (Wildman–Crippen LogP) is 3.55. The van der Waals surface area contributed by atoms with E-state index in [0.29, 0.717) is 23.8 Å². The number of halogens is 1. The molecule has 4 heterocycles. The van der Waals surface area contributed by atoms with Crippen LogP contribution in [0.4, 0.5) is 5.69 Å². The fraction of sp³-hybridized carbons (Fsp3) is 0.423. The number of H-pyrrole nitrogens is 1. The lowest BCUT2D eigenvalue weighted by atomic mass is 10.0. The quantitative estimate of drug-likeness (QED) is 0.525. The highest BCUT2D eigenvalue weighted by Crippen LogP contribution is 2.33. The maximum Gasteiger partial charge on any atom is 0.244 e. The highest BCUT2D eigenvalue weighted by molar-refractivity contribution is 6.33. The number of ether oxygens (including phenoxy) is 2. The van der Waals surface area contributed by atoms with Crippen molar-refractivity contribution in [1.82, 2.24) is 19.8 Å². The molecule has 1 aromatic carbocycles. The molecule has 10 heteroatoms. The van der Waals surface area contributed by atoms with Crippen LogP contribution in [-0.2, 0) is 19.1 Å². The van der Waals surface area contributed by atoms with Crippen LogP contribution in [0.1, 0.15) is 20.3 Å². The van der Waals surface area contributed by atoms with Crippen LogP contribution in [0.15, 0.2) is 42.9 Å². The molecule has 0 saturated carbocycles. The Hall–Kier alpha value is -3.14. The average molecular weight is 512 g/mol. The van der Waals surface area contributed by atoms with Crippen molar-refractivity contribution in [3.8, 4) is 0 Å². The molecule has 190 valence electrons. The summed E-state index contributed by atoms with van der Waals surface area (Å²) in [5.74, 6) is -0.334. The lowest BCUT2D eigenvalue weighted by Crippen LogP contribution is -2.60. The summed E-state index contributed by atoms with van der Waals surface area (Å²) < 4.78 is 11.5. The number of likely N-dealkylation sites (N-methyl/N-ethyl adjacent to an activating group) is 1. The number of amides is 2. The fourth-order valence-corrected chi connectivity index (χ4v) is 5.06. The Morgan fingerprint density at radius 3 is 2.94 bits per heavy atom. The molecule has 2 N–H and O–H groups in total. The van der Waals surface area contributed by atoms with E-state index in [4.69, 9.17) is 21.1 Å². The topological polar surface area (TPSA) is 99.8 Å². The molecule has 2 amide bonds. The zero-order valence-corrected chi connectivity index (χ0v) is 21.3. The zero-order valence-electron chi connectivity index (χ0n) is 20.6. The summed E-state index contributed by atoms with van der Waals surface area (Å²) in [5.41, 5.74) is 1.70. The van der Waals surface area contributed by atoms with Crippen molar-refractivity contribution in [3.63, 3.8) is 0 Å². The summed E-state index contributed by atoms with van der Waals surface area (Å²) in [7, 11) is 1.76. The Balaban J connectivity index is 1.35. The third kappa shape index (κ3) is 5.04. The third-order valence-electron chi connectivity index (χ3n) is 6.70. The van der Waals surface area contributed by atoms with E-state index in [1.165, 1.54) is 0 Å². The highest BCUT2D eigenvalue weighted by Gasteiger charge is 2.39. The van der Waals surface area contributed by atoms with Crippen molar-refractivity contribution in [1.29, 1.82) is 0 Å². The molecule has 9 nitrogen and oxygen atoms in total. The number of aromatic amines is 1. The van der Waals surface area contributed by atoms with E-state index in [-0.39, 0.29) is 31.1 Å². The van der Waals surface area contributed by atoms with Gasteiger partial charge in [0, 0.05) is 42.0 Å². The number of nitrogens with zero attached hydrogens (tertiary/aromatic N) is 3. The van der Waals surface area contributed by atoms with Crippen LogP contribution in [0.2, 0.25) is 5.02 Å². The van der Waals surface area contributed by atoms with Gasteiger partial charge in [0.25, 0.3) is 0 Å². The lowest BCUT2D eigenvalue weighted by Gasteiger charge is -2.43. The van der Waals surface area contributed by atoms with E-state index in [1.807, 2.05) is 37.0 Å². The Bertz CT molecular complexity index is 1330. The van der Waals surface area contributed by atoms with Gasteiger partial charge in [-0.3, -0.25) is 19.5 Å². The van der Waals surface area contributed by atoms with Crippen molar-refractivity contribution in [2.75, 3.05) is 38.6 Å². The van der Waals surface area contributed by atoms with Crippen LogP contribution in [0.25, 0.3) is 21.8 Å². The number of carbonyl (C=O) groups excluding carboxylic acids is 2. The van der Waals surface area contributed by atoms with Crippen LogP contribution >= 0.6 is 11.6 Å². The van der Waals surface area contributed by atoms with Crippen molar-refractivity contribution < 1.29 is 19.1 Å². The van der Waals surface area contributed by atoms with E-state index in [2.05, 4.69) is 15.3 Å². The number of carbonyl (C=O) groups is 2. The highest BCUT2D eigenvalue weighted by atomic mass is 35.5. The van der Waals surface area contributed by atoms with Gasteiger partial charge >= 0.3 is 0 Å². The maximum absolute atomic E-state index is 13.5. The van der Waals surface area contributed by atoms with Gasteiger partial charge in [-0.15, -0.1) is 0 Å². The average Bonchev–Trinajstić information content (AvgIpc) is 3.46. The van der Waals surface area contributed by atoms with Gasteiger partial charge in [-0.2, -0.15) is 0 Å². The Labute approximate surface area is 214 Å². The molecule has 1 fully saturated rings. The van der Waals surface area contributed by atoms with Gasteiger partial charge in [-0.05, 0) is 38.1 Å². The summed E-state index contributed by atoms with van der Waals surface area (Å²) in [5, 5.41) is 5.40. The number of anilines is 1. The molecule has 2 aliphatic rings. The van der Waals surface area contributed by atoms with Crippen LogP contribution in [0.5, 0.6) is 0 Å². The summed E-state index contributed by atoms with van der Waals surface area (Å²) >= 11 is 6.41. The van der Waals surface area contributed by atoms with Gasteiger partial charge in [0.2, 0.25) is 11.8 Å². The number of pyridine rings is 1. The minimum atomic E-state index is -0.639. The van der Waals surface area contributed by atoms with Crippen LogP contribution < -0.4 is 5.32 Å². The Kier molecular flexibility index (Phi) is 6.63. The van der Waals surface area contributed by atoms with Crippen molar-refractivity contribution in [2.45, 2.75) is 38.0 Å². The number of rotatable bonds is 6. The van der Waals surface area contributed by atoms with E-state index in [1.54, 1.807) is 36.7 Å². The first-order valence-electron chi connectivity index (χ1n) is 12.0. The van der Waals surface area contributed by atoms with E-state index < -0.39 is 11.6 Å². The molecule has 0 radical (unpaired) electrons. The number of hydrogen-bond acceptors (Lipinski definition) is 6. The second-order valence-electron chi connectivity index (χ2n) is 10.0. The number of morpholine rings is 1. The zero-order chi connectivity index (χ0) is 25.4. The van der Waals surface area contributed by atoms with Gasteiger partial charge in [0.05, 0.1) is 54.5 Å². The standard InChI is InChI=1S/C26H30ClN5O4/c1-26(2)15-32(13-23(33)31(3)12-17-5-4-8-35-17)22(14-36-26)25(34)30-20-10-16(27)9-19-18-6-7-28-11-21(18)29-24(19)20/h4,6-11,17,22,29H,5,12-15H2,1-3H3,(H,30,34). The number of fused-ring (bicyclic) bond motifs is 3. The number of aromatic nitrogens is 2. The van der Waals surface area contributed by atoms with Gasteiger partial charge in [-0.1, -0.05) is 11.6 Å². The molecule has 0 aliphatic carbocycles. The first-order valence-corrected chi connectivity index (χ1v) is 12.4. The molecule has 2 aromatic heterocycles. The lowest BCUT2D eigenvalue weighted by molar-refractivity contribution is -0.150. The molecule has 0 spiro atoms. The molecule has 2 atom stereocenters. The SMILES string of the molecule is CN(CC1CC=CO1)C(=O)CN1CC(C)(C)OCC1C(=O)Nc1cc(Cl)cc2c1[nH]c1cnccc12. The van der Waals surface area contributed by atoms with Crippen LogP contribution in [0.3, 0.4) is 0 Å². The summed E-state index contributed by atoms with van der Waals surface area (Å²) in [6.45, 7) is 5.12. The maximum atomic E-state index is 13.5. The molecule has 2 unspecified atom stereocenters. The van der Waals surface area contributed by atoms with E-state index in [9.17, 15) is 9.59 Å². The first-order chi connectivity index (χ1) is 17.2. The van der Waals surface area contributed by atoms with Crippen molar-refractivity contribution in [3.05, 3.63) is 48.0 Å². The Morgan fingerprint density at radius 1 is 1.33 bits per heavy atom. The molecule has 1 saturated heterocycles. The molecule has 0 bridgehead atoms. The monoisotopic (exact) mass is 511 g/mol. The molecule has 2 aliphatic heterocycles. The number of benzene rings is 1. The predicted molar refractivity (Wildman–Crippen MR) is 139 cm³/mol. The van der Waals surface area contributed by atoms with E-state index in [0.717, 1.165) is 28.2 Å². The fourth-order valence-electron chi connectivity index (χ4n) is 4.84. The van der Waals surface area contributed by atoms with Crippen molar-refractivity contribution in [2.24, 2.45) is 0 Å². The van der Waals surface area contributed by atoms with Crippen LogP contribution in [-0.4, -0.2) is 82.6 Å². The largest absolute Gasteiger partial charge is 0.496 e. The third-order valence-corrected chi connectivity index (χ3v) is 6.92. The summed E-state index contributed by atoms with van der Waals surface area (Å²) in [6, 6.07) is 4.85. The molecule has 36 heavy (non-hydrogen) atoms. The first kappa shape index (κ1) is 24.5. The Morgan fingerprint density at radius 2 is 2.17 bits per heavy atom. The normalized spacial score (nSPS) is 21.6. The van der Waals surface area contributed by atoms with Crippen molar-refractivity contribution >= 4 is 50.9 Å². The molecular weight excluding hydrogens is 482 g/mol. The smallest absolute Gasteiger partial charge is 0.244 e. The second-order valence-corrected chi connectivity index (χ2v) is 10.5. The second kappa shape index (κ2) is 9.72. The number of hydrogen-bond donors (Lipinski definition) is 2. The van der Waals surface area contributed by atoms with Crippen LogP contribution in [0, 0.1) is 0 Å². The van der Waals surface area contributed by atoms with Gasteiger partial charge in [-0.25, -0.2) is 0 Å². The molecular formula is C26H30ClN5O4. The van der Waals surface area contributed by atoms with Gasteiger partial charge in [0.1, 0.15) is 12.1 Å². The van der Waals surface area contributed by atoms with Gasteiger partial charge in [0.15, 0.2) is 0 Å².